The highest BCUT2D eigenvalue weighted by Gasteiger charge is 2.07. The van der Waals surface area contributed by atoms with Crippen LogP contribution in [0.15, 0.2) is 12.1 Å². The summed E-state index contributed by atoms with van der Waals surface area (Å²) >= 11 is 1.96. The monoisotopic (exact) mass is 282 g/mol. The normalized spacial score (nSPS) is 11.4. The Morgan fingerprint density at radius 2 is 1.63 bits per heavy atom. The molecule has 0 bridgehead atoms. The molecule has 0 aliphatic rings. The predicted octanol–water partition coefficient (Wildman–Crippen LogP) is 4.26. The average Bonchev–Trinajstić information content (AvgIpc) is 2.87. The Kier molecular flexibility index (Phi) is 9.14. The van der Waals surface area contributed by atoms with E-state index in [1.54, 1.807) is 0 Å². The van der Waals surface area contributed by atoms with Gasteiger partial charge in [0.25, 0.3) is 0 Å². The smallest absolute Gasteiger partial charge is 0.0328 e. The van der Waals surface area contributed by atoms with Crippen LogP contribution in [0.5, 0.6) is 0 Å². The van der Waals surface area contributed by atoms with Gasteiger partial charge in [-0.15, -0.1) is 11.3 Å². The molecule has 0 saturated carbocycles. The molecule has 0 amide bonds. The Balaban J connectivity index is 2.44. The lowest BCUT2D eigenvalue weighted by Crippen LogP contribution is -2.25. The fraction of sp³-hybridized carbons (Fsp3) is 0.750. The van der Waals surface area contributed by atoms with E-state index >= 15 is 0 Å². The second-order valence-corrected chi connectivity index (χ2v) is 6.38. The van der Waals surface area contributed by atoms with Crippen LogP contribution in [0.2, 0.25) is 0 Å². The minimum Gasteiger partial charge on any atom is -0.312 e. The van der Waals surface area contributed by atoms with E-state index in [4.69, 9.17) is 0 Å². The number of hydrogen-bond acceptors (Lipinski definition) is 3. The van der Waals surface area contributed by atoms with Gasteiger partial charge in [-0.1, -0.05) is 33.6 Å². The van der Waals surface area contributed by atoms with Crippen molar-refractivity contribution >= 4 is 11.3 Å². The van der Waals surface area contributed by atoms with Crippen LogP contribution in [0, 0.1) is 0 Å². The van der Waals surface area contributed by atoms with E-state index in [0.717, 1.165) is 19.6 Å². The second kappa shape index (κ2) is 10.4. The minimum atomic E-state index is 1.02. The largest absolute Gasteiger partial charge is 0.312 e. The van der Waals surface area contributed by atoms with E-state index in [2.05, 4.69) is 43.1 Å². The lowest BCUT2D eigenvalue weighted by Gasteiger charge is -2.21. The van der Waals surface area contributed by atoms with Gasteiger partial charge in [-0.25, -0.2) is 0 Å². The summed E-state index contributed by atoms with van der Waals surface area (Å²) in [7, 11) is 0. The van der Waals surface area contributed by atoms with Gasteiger partial charge >= 0.3 is 0 Å². The molecule has 0 spiro atoms. The molecule has 0 radical (unpaired) electrons. The van der Waals surface area contributed by atoms with Crippen LogP contribution >= 0.6 is 11.3 Å². The molecule has 0 aliphatic heterocycles. The Labute approximate surface area is 123 Å². The highest BCUT2D eigenvalue weighted by atomic mass is 32.1. The number of nitrogens with zero attached hydrogens (tertiary/aromatic N) is 1. The molecule has 1 aromatic rings. The summed E-state index contributed by atoms with van der Waals surface area (Å²) in [4.78, 5) is 5.60. The number of unbranched alkanes of at least 4 members (excludes halogenated alkanes) is 2. The Morgan fingerprint density at radius 3 is 2.21 bits per heavy atom. The van der Waals surface area contributed by atoms with Crippen LogP contribution in [0.1, 0.15) is 56.2 Å². The molecule has 0 atom stereocenters. The van der Waals surface area contributed by atoms with Crippen LogP contribution in [-0.2, 0) is 13.1 Å². The lowest BCUT2D eigenvalue weighted by atomic mass is 10.2. The van der Waals surface area contributed by atoms with Gasteiger partial charge in [-0.2, -0.15) is 0 Å². The molecule has 0 unspecified atom stereocenters. The third kappa shape index (κ3) is 7.09. The van der Waals surface area contributed by atoms with Crippen molar-refractivity contribution in [2.24, 2.45) is 0 Å². The predicted molar refractivity (Wildman–Crippen MR) is 86.8 cm³/mol. The summed E-state index contributed by atoms with van der Waals surface area (Å²) in [6.45, 7) is 12.4. The first-order chi connectivity index (χ1) is 9.30. The van der Waals surface area contributed by atoms with Gasteiger partial charge in [0.05, 0.1) is 0 Å². The minimum absolute atomic E-state index is 1.02. The second-order valence-electron chi connectivity index (χ2n) is 5.13. The zero-order valence-electron chi connectivity index (χ0n) is 12.9. The van der Waals surface area contributed by atoms with Crippen molar-refractivity contribution in [1.82, 2.24) is 10.2 Å². The SMILES string of the molecule is CCCCN(CCCC)Cc1ccc(CNCC)s1. The van der Waals surface area contributed by atoms with Crippen LogP contribution < -0.4 is 5.32 Å². The maximum atomic E-state index is 3.40. The maximum Gasteiger partial charge on any atom is 0.0328 e. The Morgan fingerprint density at radius 1 is 1.00 bits per heavy atom. The quantitative estimate of drug-likeness (QED) is 0.652. The highest BCUT2D eigenvalue weighted by molar-refractivity contribution is 7.11. The van der Waals surface area contributed by atoms with E-state index in [0.29, 0.717) is 0 Å². The van der Waals surface area contributed by atoms with E-state index in [-0.39, 0.29) is 0 Å². The number of thiophene rings is 1. The van der Waals surface area contributed by atoms with Crippen molar-refractivity contribution < 1.29 is 0 Å². The third-order valence-electron chi connectivity index (χ3n) is 3.30. The number of nitrogens with one attached hydrogen (secondary N) is 1. The third-order valence-corrected chi connectivity index (χ3v) is 4.37. The van der Waals surface area contributed by atoms with Crippen molar-refractivity contribution in [1.29, 1.82) is 0 Å². The number of rotatable bonds is 11. The summed E-state index contributed by atoms with van der Waals surface area (Å²) in [5.74, 6) is 0. The summed E-state index contributed by atoms with van der Waals surface area (Å²) in [5, 5.41) is 3.40. The molecule has 2 nitrogen and oxygen atoms in total. The average molecular weight is 282 g/mol. The first-order valence-corrected chi connectivity index (χ1v) is 8.62. The Bertz CT molecular complexity index is 314. The summed E-state index contributed by atoms with van der Waals surface area (Å²) in [6.07, 6.45) is 5.22. The van der Waals surface area contributed by atoms with Gasteiger partial charge in [0.2, 0.25) is 0 Å². The van der Waals surface area contributed by atoms with Crippen molar-refractivity contribution in [2.75, 3.05) is 19.6 Å². The van der Waals surface area contributed by atoms with E-state index in [1.165, 1.54) is 48.5 Å². The van der Waals surface area contributed by atoms with Gasteiger partial charge in [0, 0.05) is 22.8 Å². The van der Waals surface area contributed by atoms with E-state index in [9.17, 15) is 0 Å². The number of hydrogen-bond donors (Lipinski definition) is 1. The molecular weight excluding hydrogens is 252 g/mol. The van der Waals surface area contributed by atoms with Gasteiger partial charge < -0.3 is 5.32 Å². The van der Waals surface area contributed by atoms with Crippen molar-refractivity contribution in [3.63, 3.8) is 0 Å². The summed E-state index contributed by atoms with van der Waals surface area (Å²) in [5.41, 5.74) is 0. The van der Waals surface area contributed by atoms with Crippen molar-refractivity contribution in [3.05, 3.63) is 21.9 Å². The fourth-order valence-corrected chi connectivity index (χ4v) is 3.13. The zero-order chi connectivity index (χ0) is 13.9. The van der Waals surface area contributed by atoms with Crippen LogP contribution in [0.25, 0.3) is 0 Å². The standard InChI is InChI=1S/C16H30N2S/c1-4-7-11-18(12-8-5-2)14-16-10-9-15(19-16)13-17-6-3/h9-10,17H,4-8,11-14H2,1-3H3. The molecule has 0 fully saturated rings. The van der Waals surface area contributed by atoms with Gasteiger partial charge in [0.15, 0.2) is 0 Å². The lowest BCUT2D eigenvalue weighted by molar-refractivity contribution is 0.259. The fourth-order valence-electron chi connectivity index (χ4n) is 2.10. The maximum absolute atomic E-state index is 3.40. The van der Waals surface area contributed by atoms with Gasteiger partial charge in [0.1, 0.15) is 0 Å². The molecule has 1 N–H and O–H groups in total. The molecule has 1 aromatic heterocycles. The topological polar surface area (TPSA) is 15.3 Å². The first-order valence-electron chi connectivity index (χ1n) is 7.80. The zero-order valence-corrected chi connectivity index (χ0v) is 13.7. The van der Waals surface area contributed by atoms with Gasteiger partial charge in [-0.05, 0) is 44.6 Å². The summed E-state index contributed by atoms with van der Waals surface area (Å²) < 4.78 is 0. The molecule has 0 aromatic carbocycles. The van der Waals surface area contributed by atoms with E-state index < -0.39 is 0 Å². The van der Waals surface area contributed by atoms with Crippen LogP contribution in [0.3, 0.4) is 0 Å². The molecule has 110 valence electrons. The highest BCUT2D eigenvalue weighted by Crippen LogP contribution is 2.18. The Hall–Kier alpha value is -0.380. The van der Waals surface area contributed by atoms with Crippen LogP contribution in [-0.4, -0.2) is 24.5 Å². The van der Waals surface area contributed by atoms with Crippen molar-refractivity contribution in [2.45, 2.75) is 59.5 Å². The van der Waals surface area contributed by atoms with Crippen LogP contribution in [0.4, 0.5) is 0 Å². The van der Waals surface area contributed by atoms with Gasteiger partial charge in [-0.3, -0.25) is 4.90 Å². The molecule has 0 saturated heterocycles. The molecule has 19 heavy (non-hydrogen) atoms. The molecule has 1 rings (SSSR count). The molecule has 3 heteroatoms. The first kappa shape index (κ1) is 16.7. The van der Waals surface area contributed by atoms with E-state index in [1.807, 2.05) is 11.3 Å². The summed E-state index contributed by atoms with van der Waals surface area (Å²) in [6, 6.07) is 4.59. The molecule has 0 aliphatic carbocycles. The van der Waals surface area contributed by atoms with Crippen molar-refractivity contribution in [3.8, 4) is 0 Å². The molecular formula is C16H30N2S. The molecule has 1 heterocycles.